The highest BCUT2D eigenvalue weighted by molar-refractivity contribution is 5.96. The molecule has 0 saturated heterocycles. The van der Waals surface area contributed by atoms with E-state index in [1.807, 2.05) is 0 Å². The van der Waals surface area contributed by atoms with Crippen molar-refractivity contribution in [1.29, 1.82) is 0 Å². The maximum Gasteiger partial charge on any atom is 0.471 e. The molecule has 0 fully saturated rings. The fraction of sp³-hybridized carbons (Fsp3) is 0.273. The summed E-state index contributed by atoms with van der Waals surface area (Å²) >= 11 is 0. The Morgan fingerprint density at radius 1 is 1.28 bits per heavy atom. The van der Waals surface area contributed by atoms with Gasteiger partial charge in [-0.1, -0.05) is 0 Å². The van der Waals surface area contributed by atoms with Gasteiger partial charge in [0.05, 0.1) is 12.7 Å². The molecule has 1 amide bonds. The van der Waals surface area contributed by atoms with Crippen molar-refractivity contribution in [3.05, 3.63) is 29.3 Å². The number of rotatable bonds is 2. The molecule has 0 aliphatic carbocycles. The van der Waals surface area contributed by atoms with Crippen LogP contribution in [0, 0.1) is 6.92 Å². The fourth-order valence-corrected chi connectivity index (χ4v) is 1.24. The third-order valence-electron chi connectivity index (χ3n) is 2.15. The number of alkyl halides is 3. The van der Waals surface area contributed by atoms with E-state index in [9.17, 15) is 22.8 Å². The lowest BCUT2D eigenvalue weighted by molar-refractivity contribution is -0.167. The number of esters is 1. The molecule has 0 atom stereocenters. The molecule has 1 aromatic rings. The molecule has 98 valence electrons. The van der Waals surface area contributed by atoms with E-state index in [4.69, 9.17) is 0 Å². The van der Waals surface area contributed by atoms with Gasteiger partial charge >= 0.3 is 18.1 Å². The van der Waals surface area contributed by atoms with Gasteiger partial charge in [0.25, 0.3) is 0 Å². The Labute approximate surface area is 101 Å². The number of methoxy groups -OCH3 is 1. The predicted molar refractivity (Wildman–Crippen MR) is 57.2 cm³/mol. The molecule has 1 N–H and O–H groups in total. The number of hydrogen-bond acceptors (Lipinski definition) is 3. The van der Waals surface area contributed by atoms with Gasteiger partial charge < -0.3 is 10.1 Å². The maximum atomic E-state index is 12.0. The Kier molecular flexibility index (Phi) is 3.95. The summed E-state index contributed by atoms with van der Waals surface area (Å²) in [5, 5.41) is 1.72. The second-order valence-electron chi connectivity index (χ2n) is 3.47. The van der Waals surface area contributed by atoms with E-state index >= 15 is 0 Å². The molecule has 0 spiro atoms. The number of carbonyl (C=O) groups excluding carboxylic acids is 2. The number of benzene rings is 1. The minimum absolute atomic E-state index is 0.00928. The van der Waals surface area contributed by atoms with Crippen molar-refractivity contribution in [2.75, 3.05) is 12.4 Å². The number of aryl methyl sites for hydroxylation is 1. The summed E-state index contributed by atoms with van der Waals surface area (Å²) in [5.74, 6) is -2.66. The fourth-order valence-electron chi connectivity index (χ4n) is 1.24. The zero-order valence-corrected chi connectivity index (χ0v) is 9.59. The van der Waals surface area contributed by atoms with Crippen LogP contribution in [0.4, 0.5) is 18.9 Å². The number of carbonyl (C=O) groups is 2. The van der Waals surface area contributed by atoms with Crippen LogP contribution in [-0.4, -0.2) is 25.2 Å². The van der Waals surface area contributed by atoms with Crippen LogP contribution >= 0.6 is 0 Å². The van der Waals surface area contributed by atoms with Crippen molar-refractivity contribution in [3.8, 4) is 0 Å². The van der Waals surface area contributed by atoms with Gasteiger partial charge in [0.15, 0.2) is 0 Å². The molecule has 4 nitrogen and oxygen atoms in total. The van der Waals surface area contributed by atoms with Crippen LogP contribution in [-0.2, 0) is 9.53 Å². The number of amides is 1. The second-order valence-corrected chi connectivity index (χ2v) is 3.47. The zero-order valence-electron chi connectivity index (χ0n) is 9.59. The Morgan fingerprint density at radius 3 is 2.33 bits per heavy atom. The lowest BCUT2D eigenvalue weighted by Gasteiger charge is -2.11. The van der Waals surface area contributed by atoms with Crippen molar-refractivity contribution < 1.29 is 27.5 Å². The van der Waals surface area contributed by atoms with Gasteiger partial charge in [-0.25, -0.2) is 4.79 Å². The summed E-state index contributed by atoms with van der Waals surface area (Å²) in [7, 11) is 1.19. The Balaban J connectivity index is 2.94. The summed E-state index contributed by atoms with van der Waals surface area (Å²) < 4.78 is 40.6. The van der Waals surface area contributed by atoms with Gasteiger partial charge in [-0.3, -0.25) is 4.79 Å². The first-order valence-electron chi connectivity index (χ1n) is 4.83. The molecular formula is C11H10F3NO3. The van der Waals surface area contributed by atoms with Crippen molar-refractivity contribution in [2.24, 2.45) is 0 Å². The first kappa shape index (κ1) is 14.0. The standard InChI is InChI=1S/C11H10F3NO3/c1-6-5-7(9(16)18-2)3-4-8(6)15-10(17)11(12,13)14/h3-5H,1-2H3,(H,15,17). The van der Waals surface area contributed by atoms with Gasteiger partial charge in [-0.15, -0.1) is 0 Å². The Hall–Kier alpha value is -2.05. The summed E-state index contributed by atoms with van der Waals surface area (Å²) in [6.45, 7) is 1.47. The number of anilines is 1. The van der Waals surface area contributed by atoms with E-state index in [2.05, 4.69) is 4.74 Å². The highest BCUT2D eigenvalue weighted by Crippen LogP contribution is 2.21. The van der Waals surface area contributed by atoms with Gasteiger partial charge in [-0.05, 0) is 30.7 Å². The molecule has 0 bridgehead atoms. The van der Waals surface area contributed by atoms with E-state index in [0.29, 0.717) is 5.56 Å². The number of hydrogen-bond donors (Lipinski definition) is 1. The van der Waals surface area contributed by atoms with Gasteiger partial charge in [0.1, 0.15) is 0 Å². The number of ether oxygens (including phenoxy) is 1. The Bertz CT molecular complexity index is 483. The van der Waals surface area contributed by atoms with Crippen LogP contribution in [0.1, 0.15) is 15.9 Å². The molecule has 0 saturated carbocycles. The number of nitrogens with one attached hydrogen (secondary N) is 1. The maximum absolute atomic E-state index is 12.0. The Morgan fingerprint density at radius 2 is 1.89 bits per heavy atom. The molecule has 0 radical (unpaired) electrons. The van der Waals surface area contributed by atoms with Crippen molar-refractivity contribution in [1.82, 2.24) is 0 Å². The average Bonchev–Trinajstić information content (AvgIpc) is 2.29. The molecule has 1 aromatic carbocycles. The molecule has 0 aliphatic rings. The molecule has 0 heterocycles. The molecular weight excluding hydrogens is 251 g/mol. The minimum Gasteiger partial charge on any atom is -0.465 e. The molecule has 18 heavy (non-hydrogen) atoms. The van der Waals surface area contributed by atoms with Crippen LogP contribution in [0.5, 0.6) is 0 Å². The monoisotopic (exact) mass is 261 g/mol. The van der Waals surface area contributed by atoms with E-state index < -0.39 is 18.1 Å². The van der Waals surface area contributed by atoms with Crippen LogP contribution in [0.2, 0.25) is 0 Å². The first-order valence-corrected chi connectivity index (χ1v) is 4.83. The highest BCUT2D eigenvalue weighted by atomic mass is 19.4. The summed E-state index contributed by atoms with van der Waals surface area (Å²) in [4.78, 5) is 21.9. The van der Waals surface area contributed by atoms with Crippen LogP contribution in [0.3, 0.4) is 0 Å². The van der Waals surface area contributed by atoms with E-state index in [1.165, 1.54) is 32.2 Å². The SMILES string of the molecule is COC(=O)c1ccc(NC(=O)C(F)(F)F)c(C)c1. The zero-order chi connectivity index (χ0) is 13.9. The third-order valence-corrected chi connectivity index (χ3v) is 2.15. The van der Waals surface area contributed by atoms with E-state index in [0.717, 1.165) is 0 Å². The van der Waals surface area contributed by atoms with Crippen molar-refractivity contribution in [3.63, 3.8) is 0 Å². The van der Waals surface area contributed by atoms with E-state index in [-0.39, 0.29) is 11.3 Å². The largest absolute Gasteiger partial charge is 0.471 e. The smallest absolute Gasteiger partial charge is 0.465 e. The van der Waals surface area contributed by atoms with Crippen LogP contribution in [0.25, 0.3) is 0 Å². The topological polar surface area (TPSA) is 55.4 Å². The van der Waals surface area contributed by atoms with E-state index in [1.54, 1.807) is 5.32 Å². The van der Waals surface area contributed by atoms with Gasteiger partial charge in [0.2, 0.25) is 0 Å². The quantitative estimate of drug-likeness (QED) is 0.831. The lowest BCUT2D eigenvalue weighted by Crippen LogP contribution is -2.30. The summed E-state index contributed by atoms with van der Waals surface area (Å²) in [6.07, 6.45) is -4.95. The average molecular weight is 261 g/mol. The molecule has 0 unspecified atom stereocenters. The second kappa shape index (κ2) is 5.07. The van der Waals surface area contributed by atoms with Crippen molar-refractivity contribution in [2.45, 2.75) is 13.1 Å². The normalized spacial score (nSPS) is 10.9. The third kappa shape index (κ3) is 3.22. The van der Waals surface area contributed by atoms with Gasteiger partial charge in [0, 0.05) is 5.69 Å². The van der Waals surface area contributed by atoms with Crippen molar-refractivity contribution >= 4 is 17.6 Å². The molecule has 1 rings (SSSR count). The summed E-state index contributed by atoms with van der Waals surface area (Å²) in [5.41, 5.74) is 0.514. The minimum atomic E-state index is -4.95. The van der Waals surface area contributed by atoms with Crippen LogP contribution in [0.15, 0.2) is 18.2 Å². The van der Waals surface area contributed by atoms with Gasteiger partial charge in [-0.2, -0.15) is 13.2 Å². The molecule has 7 heteroatoms. The highest BCUT2D eigenvalue weighted by Gasteiger charge is 2.38. The molecule has 0 aliphatic heterocycles. The first-order chi connectivity index (χ1) is 8.25. The number of halogens is 3. The van der Waals surface area contributed by atoms with Crippen LogP contribution < -0.4 is 5.32 Å². The molecule has 0 aromatic heterocycles. The lowest BCUT2D eigenvalue weighted by atomic mass is 10.1. The summed E-state index contributed by atoms with van der Waals surface area (Å²) in [6, 6.07) is 3.81. The predicted octanol–water partition coefficient (Wildman–Crippen LogP) is 2.28.